The molecule has 1 fully saturated rings. The van der Waals surface area contributed by atoms with Crippen molar-refractivity contribution in [3.05, 3.63) is 23.8 Å². The monoisotopic (exact) mass is 265 g/mol. The van der Waals surface area contributed by atoms with E-state index in [1.807, 2.05) is 13.0 Å². The van der Waals surface area contributed by atoms with Crippen molar-refractivity contribution in [3.8, 4) is 11.5 Å². The zero-order chi connectivity index (χ0) is 13.9. The maximum atomic E-state index is 9.93. The lowest BCUT2D eigenvalue weighted by Gasteiger charge is -2.41. The zero-order valence-corrected chi connectivity index (χ0v) is 11.9. The highest BCUT2D eigenvalue weighted by Gasteiger charge is 2.37. The van der Waals surface area contributed by atoms with E-state index in [4.69, 9.17) is 9.47 Å². The first-order chi connectivity index (χ1) is 9.10. The van der Waals surface area contributed by atoms with E-state index < -0.39 is 0 Å². The number of methoxy groups -OCH3 is 2. The summed E-state index contributed by atoms with van der Waals surface area (Å²) in [5, 5.41) is 13.4. The third kappa shape index (κ3) is 3.01. The predicted octanol–water partition coefficient (Wildman–Crippen LogP) is 2.62. The average Bonchev–Trinajstić information content (AvgIpc) is 2.38. The maximum absolute atomic E-state index is 9.93. The first-order valence-electron chi connectivity index (χ1n) is 6.76. The Morgan fingerprint density at radius 1 is 1.37 bits per heavy atom. The fraction of sp³-hybridized carbons (Fsp3) is 0.600. The molecule has 0 radical (unpaired) electrons. The highest BCUT2D eigenvalue weighted by atomic mass is 16.5. The van der Waals surface area contributed by atoms with Gasteiger partial charge in [0.05, 0.1) is 12.7 Å². The lowest BCUT2D eigenvalue weighted by atomic mass is 9.80. The Labute approximate surface area is 114 Å². The van der Waals surface area contributed by atoms with Gasteiger partial charge in [-0.1, -0.05) is 0 Å². The van der Waals surface area contributed by atoms with Crippen LogP contribution in [0.1, 0.15) is 37.8 Å². The molecule has 2 N–H and O–H groups in total. The van der Waals surface area contributed by atoms with Crippen molar-refractivity contribution in [3.63, 3.8) is 0 Å². The number of ether oxygens (including phenoxy) is 2. The van der Waals surface area contributed by atoms with E-state index in [1.165, 1.54) is 6.42 Å². The molecule has 1 aliphatic carbocycles. The van der Waals surface area contributed by atoms with Crippen LogP contribution in [-0.2, 0) is 4.74 Å². The van der Waals surface area contributed by atoms with E-state index in [-0.39, 0.29) is 11.6 Å². The van der Waals surface area contributed by atoms with Crippen LogP contribution in [0.2, 0.25) is 0 Å². The van der Waals surface area contributed by atoms with Crippen molar-refractivity contribution in [2.24, 2.45) is 0 Å². The molecule has 4 nitrogen and oxygen atoms in total. The highest BCUT2D eigenvalue weighted by molar-refractivity contribution is 5.41. The quantitative estimate of drug-likeness (QED) is 0.830. The van der Waals surface area contributed by atoms with Crippen LogP contribution in [0.15, 0.2) is 18.2 Å². The maximum Gasteiger partial charge on any atom is 0.120 e. The van der Waals surface area contributed by atoms with E-state index in [1.54, 1.807) is 26.4 Å². The number of benzene rings is 1. The van der Waals surface area contributed by atoms with Crippen molar-refractivity contribution < 1.29 is 14.6 Å². The predicted molar refractivity (Wildman–Crippen MR) is 74.7 cm³/mol. The van der Waals surface area contributed by atoms with Crippen LogP contribution in [-0.4, -0.2) is 31.5 Å². The van der Waals surface area contributed by atoms with E-state index in [2.05, 4.69) is 5.32 Å². The molecule has 0 amide bonds. The fourth-order valence-electron chi connectivity index (χ4n) is 2.48. The fourth-order valence-corrected chi connectivity index (χ4v) is 2.48. The van der Waals surface area contributed by atoms with Crippen molar-refractivity contribution in [1.82, 2.24) is 5.32 Å². The Bertz CT molecular complexity index is 424. The van der Waals surface area contributed by atoms with Gasteiger partial charge in [0, 0.05) is 25.3 Å². The summed E-state index contributed by atoms with van der Waals surface area (Å²) in [5.41, 5.74) is 0.841. The van der Waals surface area contributed by atoms with Crippen LogP contribution in [0.3, 0.4) is 0 Å². The van der Waals surface area contributed by atoms with Crippen LogP contribution in [0.5, 0.6) is 11.5 Å². The van der Waals surface area contributed by atoms with Crippen molar-refractivity contribution in [2.45, 2.75) is 37.8 Å². The molecule has 0 saturated heterocycles. The standard InChI is InChI=1S/C15H23NO3/c1-11(16-10-15(19-3)7-4-8-15)13-9-12(18-2)5-6-14(13)17/h5-6,9,11,16-17H,4,7-8,10H2,1-3H3. The van der Waals surface area contributed by atoms with Crippen LogP contribution >= 0.6 is 0 Å². The third-order valence-corrected chi connectivity index (χ3v) is 4.13. The van der Waals surface area contributed by atoms with Gasteiger partial charge >= 0.3 is 0 Å². The summed E-state index contributed by atoms with van der Waals surface area (Å²) in [5.74, 6) is 1.05. The molecule has 1 aliphatic rings. The molecule has 4 heteroatoms. The molecule has 1 aromatic carbocycles. The lowest BCUT2D eigenvalue weighted by molar-refractivity contribution is -0.0706. The van der Waals surface area contributed by atoms with E-state index in [0.717, 1.165) is 30.7 Å². The highest BCUT2D eigenvalue weighted by Crippen LogP contribution is 2.35. The lowest BCUT2D eigenvalue weighted by Crippen LogP contribution is -2.48. The molecule has 0 aromatic heterocycles. The molecular formula is C15H23NO3. The minimum Gasteiger partial charge on any atom is -0.508 e. The van der Waals surface area contributed by atoms with Gasteiger partial charge in [0.15, 0.2) is 0 Å². The summed E-state index contributed by atoms with van der Waals surface area (Å²) in [7, 11) is 3.40. The summed E-state index contributed by atoms with van der Waals surface area (Å²) in [6.07, 6.45) is 3.44. The summed E-state index contributed by atoms with van der Waals surface area (Å²) < 4.78 is 10.8. The first kappa shape index (κ1) is 14.2. The number of phenolic OH excluding ortho intramolecular Hbond substituents is 1. The SMILES string of the molecule is COc1ccc(O)c(C(C)NCC2(OC)CCC2)c1. The Balaban J connectivity index is 2.01. The van der Waals surface area contributed by atoms with Gasteiger partial charge in [0.2, 0.25) is 0 Å². The molecule has 1 atom stereocenters. The van der Waals surface area contributed by atoms with Gasteiger partial charge < -0.3 is 19.9 Å². The van der Waals surface area contributed by atoms with Gasteiger partial charge in [-0.25, -0.2) is 0 Å². The smallest absolute Gasteiger partial charge is 0.120 e. The van der Waals surface area contributed by atoms with E-state index >= 15 is 0 Å². The van der Waals surface area contributed by atoms with Gasteiger partial charge in [-0.2, -0.15) is 0 Å². The second-order valence-corrected chi connectivity index (χ2v) is 5.27. The molecule has 1 unspecified atom stereocenters. The minimum atomic E-state index is -0.0112. The number of nitrogens with one attached hydrogen (secondary N) is 1. The van der Waals surface area contributed by atoms with Gasteiger partial charge in [0.1, 0.15) is 11.5 Å². The van der Waals surface area contributed by atoms with Crippen LogP contribution in [0.4, 0.5) is 0 Å². The number of hydrogen-bond acceptors (Lipinski definition) is 4. The number of hydrogen-bond donors (Lipinski definition) is 2. The number of aromatic hydroxyl groups is 1. The molecule has 0 spiro atoms. The van der Waals surface area contributed by atoms with Crippen LogP contribution < -0.4 is 10.1 Å². The largest absolute Gasteiger partial charge is 0.508 e. The Morgan fingerprint density at radius 2 is 2.11 bits per heavy atom. The van der Waals surface area contributed by atoms with Crippen LogP contribution in [0, 0.1) is 0 Å². The molecule has 1 saturated carbocycles. The third-order valence-electron chi connectivity index (χ3n) is 4.13. The van der Waals surface area contributed by atoms with Crippen molar-refractivity contribution in [2.75, 3.05) is 20.8 Å². The molecule has 0 bridgehead atoms. The second-order valence-electron chi connectivity index (χ2n) is 5.27. The summed E-state index contributed by atoms with van der Waals surface area (Å²) in [6, 6.07) is 5.35. The normalized spacial score (nSPS) is 18.7. The molecule has 0 aliphatic heterocycles. The van der Waals surface area contributed by atoms with Gasteiger partial charge in [0.25, 0.3) is 0 Å². The summed E-state index contributed by atoms with van der Waals surface area (Å²) in [6.45, 7) is 2.85. The average molecular weight is 265 g/mol. The Kier molecular flexibility index (Phi) is 4.32. The first-order valence-corrected chi connectivity index (χ1v) is 6.76. The molecular weight excluding hydrogens is 242 g/mol. The van der Waals surface area contributed by atoms with E-state index in [0.29, 0.717) is 5.75 Å². The summed E-state index contributed by atoms with van der Waals surface area (Å²) in [4.78, 5) is 0. The Hall–Kier alpha value is -1.26. The molecule has 0 heterocycles. The van der Waals surface area contributed by atoms with Gasteiger partial charge in [-0.15, -0.1) is 0 Å². The van der Waals surface area contributed by atoms with Crippen LogP contribution in [0.25, 0.3) is 0 Å². The number of rotatable bonds is 6. The van der Waals surface area contributed by atoms with Crippen molar-refractivity contribution >= 4 is 0 Å². The molecule has 2 rings (SSSR count). The van der Waals surface area contributed by atoms with E-state index in [9.17, 15) is 5.11 Å². The zero-order valence-electron chi connectivity index (χ0n) is 11.9. The summed E-state index contributed by atoms with van der Waals surface area (Å²) >= 11 is 0. The topological polar surface area (TPSA) is 50.7 Å². The molecule has 1 aromatic rings. The second kappa shape index (κ2) is 5.80. The van der Waals surface area contributed by atoms with Gasteiger partial charge in [-0.05, 0) is 44.4 Å². The minimum absolute atomic E-state index is 0.0112. The Morgan fingerprint density at radius 3 is 2.63 bits per heavy atom. The molecule has 19 heavy (non-hydrogen) atoms. The molecule has 106 valence electrons. The van der Waals surface area contributed by atoms with Crippen molar-refractivity contribution in [1.29, 1.82) is 0 Å². The van der Waals surface area contributed by atoms with Gasteiger partial charge in [-0.3, -0.25) is 0 Å². The number of phenols is 1.